The van der Waals surface area contributed by atoms with Crippen molar-refractivity contribution in [3.63, 3.8) is 0 Å². The van der Waals surface area contributed by atoms with Gasteiger partial charge in [0.25, 0.3) is 0 Å². The molecule has 0 radical (unpaired) electrons. The topological polar surface area (TPSA) is 44.7 Å². The first-order chi connectivity index (χ1) is 8.13. The highest BCUT2D eigenvalue weighted by Gasteiger charge is 2.28. The van der Waals surface area contributed by atoms with Gasteiger partial charge in [0.15, 0.2) is 0 Å². The van der Waals surface area contributed by atoms with E-state index in [2.05, 4.69) is 31.0 Å². The van der Waals surface area contributed by atoms with Crippen molar-refractivity contribution >= 4 is 0 Å². The normalized spacial score (nSPS) is 25.8. The molecule has 2 unspecified atom stereocenters. The van der Waals surface area contributed by atoms with Crippen LogP contribution in [-0.2, 0) is 4.74 Å². The van der Waals surface area contributed by atoms with Crippen LogP contribution < -0.4 is 5.32 Å². The minimum absolute atomic E-state index is 0.00369. The molecule has 1 aliphatic heterocycles. The standard InChI is InChI=1S/C13H28N2O2/c1-4-13(3,10-14-5-2)11-15-6-7-17-12(8-15)9-16/h12,14,16H,4-11H2,1-3H3. The molecule has 0 aromatic rings. The summed E-state index contributed by atoms with van der Waals surface area (Å²) in [6.45, 7) is 12.6. The lowest BCUT2D eigenvalue weighted by atomic mass is 9.86. The molecule has 1 aliphatic rings. The van der Waals surface area contributed by atoms with E-state index in [1.165, 1.54) is 6.42 Å². The summed E-state index contributed by atoms with van der Waals surface area (Å²) in [4.78, 5) is 2.42. The summed E-state index contributed by atoms with van der Waals surface area (Å²) in [5.41, 5.74) is 0.313. The molecule has 4 nitrogen and oxygen atoms in total. The zero-order chi connectivity index (χ0) is 12.7. The molecule has 0 amide bonds. The molecule has 0 aromatic carbocycles. The molecular formula is C13H28N2O2. The zero-order valence-electron chi connectivity index (χ0n) is 11.5. The molecule has 0 aliphatic carbocycles. The number of hydrogen-bond donors (Lipinski definition) is 2. The van der Waals surface area contributed by atoms with Gasteiger partial charge < -0.3 is 15.2 Å². The largest absolute Gasteiger partial charge is 0.394 e. The molecule has 1 fully saturated rings. The second-order valence-corrected chi connectivity index (χ2v) is 5.36. The third-order valence-corrected chi connectivity index (χ3v) is 3.69. The van der Waals surface area contributed by atoms with Crippen LogP contribution >= 0.6 is 0 Å². The Balaban J connectivity index is 2.43. The van der Waals surface area contributed by atoms with Gasteiger partial charge in [0.05, 0.1) is 19.3 Å². The van der Waals surface area contributed by atoms with Crippen LogP contribution in [0.15, 0.2) is 0 Å². The second-order valence-electron chi connectivity index (χ2n) is 5.36. The summed E-state index contributed by atoms with van der Waals surface area (Å²) >= 11 is 0. The van der Waals surface area contributed by atoms with Gasteiger partial charge in [-0.15, -0.1) is 0 Å². The molecule has 2 atom stereocenters. The molecule has 0 saturated carbocycles. The van der Waals surface area contributed by atoms with Gasteiger partial charge in [0.2, 0.25) is 0 Å². The summed E-state index contributed by atoms with van der Waals surface area (Å²) in [5.74, 6) is 0. The van der Waals surface area contributed by atoms with E-state index in [1.54, 1.807) is 0 Å². The number of aliphatic hydroxyl groups excluding tert-OH is 1. The number of aliphatic hydroxyl groups is 1. The van der Waals surface area contributed by atoms with Gasteiger partial charge in [0, 0.05) is 26.2 Å². The fourth-order valence-corrected chi connectivity index (χ4v) is 2.29. The smallest absolute Gasteiger partial charge is 0.0932 e. The Morgan fingerprint density at radius 1 is 1.47 bits per heavy atom. The van der Waals surface area contributed by atoms with Crippen molar-refractivity contribution in [3.05, 3.63) is 0 Å². The van der Waals surface area contributed by atoms with E-state index >= 15 is 0 Å². The fraction of sp³-hybridized carbons (Fsp3) is 1.00. The highest BCUT2D eigenvalue weighted by atomic mass is 16.5. The van der Waals surface area contributed by atoms with Crippen LogP contribution in [0.4, 0.5) is 0 Å². The fourth-order valence-electron chi connectivity index (χ4n) is 2.29. The Labute approximate surface area is 105 Å². The minimum Gasteiger partial charge on any atom is -0.394 e. The number of ether oxygens (including phenoxy) is 1. The van der Waals surface area contributed by atoms with E-state index in [0.29, 0.717) is 5.41 Å². The van der Waals surface area contributed by atoms with Gasteiger partial charge >= 0.3 is 0 Å². The summed E-state index contributed by atoms with van der Waals surface area (Å²) in [6, 6.07) is 0. The molecule has 0 aromatic heterocycles. The molecule has 17 heavy (non-hydrogen) atoms. The van der Waals surface area contributed by atoms with Crippen LogP contribution in [0.3, 0.4) is 0 Å². The average molecular weight is 244 g/mol. The van der Waals surface area contributed by atoms with E-state index in [9.17, 15) is 0 Å². The molecule has 102 valence electrons. The van der Waals surface area contributed by atoms with Crippen molar-refractivity contribution in [2.24, 2.45) is 5.41 Å². The van der Waals surface area contributed by atoms with Crippen LogP contribution in [0.25, 0.3) is 0 Å². The molecule has 4 heteroatoms. The van der Waals surface area contributed by atoms with Crippen LogP contribution in [0.1, 0.15) is 27.2 Å². The number of nitrogens with one attached hydrogen (secondary N) is 1. The number of nitrogens with zero attached hydrogens (tertiary/aromatic N) is 1. The monoisotopic (exact) mass is 244 g/mol. The van der Waals surface area contributed by atoms with Crippen molar-refractivity contribution in [3.8, 4) is 0 Å². The van der Waals surface area contributed by atoms with E-state index in [4.69, 9.17) is 9.84 Å². The first-order valence-corrected chi connectivity index (χ1v) is 6.79. The van der Waals surface area contributed by atoms with Crippen molar-refractivity contribution in [1.29, 1.82) is 0 Å². The average Bonchev–Trinajstić information content (AvgIpc) is 2.36. The van der Waals surface area contributed by atoms with Gasteiger partial charge in [-0.05, 0) is 18.4 Å². The Morgan fingerprint density at radius 2 is 2.24 bits per heavy atom. The van der Waals surface area contributed by atoms with Crippen LogP contribution in [0, 0.1) is 5.41 Å². The predicted octanol–water partition coefficient (Wildman–Crippen LogP) is 0.705. The van der Waals surface area contributed by atoms with Crippen molar-refractivity contribution in [2.45, 2.75) is 33.3 Å². The van der Waals surface area contributed by atoms with Crippen LogP contribution in [0.2, 0.25) is 0 Å². The Kier molecular flexibility index (Phi) is 6.41. The third-order valence-electron chi connectivity index (χ3n) is 3.69. The molecule has 0 bridgehead atoms. The zero-order valence-corrected chi connectivity index (χ0v) is 11.5. The van der Waals surface area contributed by atoms with E-state index in [0.717, 1.165) is 39.3 Å². The Morgan fingerprint density at radius 3 is 2.82 bits per heavy atom. The number of hydrogen-bond acceptors (Lipinski definition) is 4. The summed E-state index contributed by atoms with van der Waals surface area (Å²) in [5, 5.41) is 12.6. The third kappa shape index (κ3) is 4.92. The Bertz CT molecular complexity index is 214. The van der Waals surface area contributed by atoms with Gasteiger partial charge in [-0.25, -0.2) is 0 Å². The maximum Gasteiger partial charge on any atom is 0.0932 e. The van der Waals surface area contributed by atoms with Crippen molar-refractivity contribution in [2.75, 3.05) is 45.9 Å². The van der Waals surface area contributed by atoms with E-state index in [1.807, 2.05) is 0 Å². The number of rotatable bonds is 7. The highest BCUT2D eigenvalue weighted by molar-refractivity contribution is 4.82. The SMILES string of the molecule is CCNCC(C)(CC)CN1CCOC(CO)C1. The Hall–Kier alpha value is -0.160. The maximum atomic E-state index is 9.14. The lowest BCUT2D eigenvalue weighted by Gasteiger charge is -2.39. The second kappa shape index (κ2) is 7.31. The van der Waals surface area contributed by atoms with Gasteiger partial charge in [0.1, 0.15) is 0 Å². The molecule has 2 N–H and O–H groups in total. The molecule has 1 rings (SSSR count). The van der Waals surface area contributed by atoms with Gasteiger partial charge in [-0.2, -0.15) is 0 Å². The molecule has 0 spiro atoms. The molecular weight excluding hydrogens is 216 g/mol. The van der Waals surface area contributed by atoms with Crippen LogP contribution in [-0.4, -0.2) is 62.0 Å². The van der Waals surface area contributed by atoms with Crippen molar-refractivity contribution in [1.82, 2.24) is 10.2 Å². The van der Waals surface area contributed by atoms with Crippen molar-refractivity contribution < 1.29 is 9.84 Å². The summed E-state index contributed by atoms with van der Waals surface area (Å²) in [6.07, 6.45) is 1.17. The van der Waals surface area contributed by atoms with E-state index in [-0.39, 0.29) is 12.7 Å². The van der Waals surface area contributed by atoms with Gasteiger partial charge in [-0.3, -0.25) is 4.90 Å². The predicted molar refractivity (Wildman–Crippen MR) is 70.2 cm³/mol. The maximum absolute atomic E-state index is 9.14. The molecule has 1 saturated heterocycles. The highest BCUT2D eigenvalue weighted by Crippen LogP contribution is 2.22. The molecule has 1 heterocycles. The minimum atomic E-state index is 0.00369. The lowest BCUT2D eigenvalue weighted by Crippen LogP contribution is -2.49. The summed E-state index contributed by atoms with van der Waals surface area (Å²) < 4.78 is 5.48. The van der Waals surface area contributed by atoms with Crippen LogP contribution in [0.5, 0.6) is 0 Å². The lowest BCUT2D eigenvalue weighted by molar-refractivity contribution is -0.0617. The van der Waals surface area contributed by atoms with E-state index < -0.39 is 0 Å². The first kappa shape index (κ1) is 14.9. The summed E-state index contributed by atoms with van der Waals surface area (Å²) in [7, 11) is 0. The number of morpholine rings is 1. The van der Waals surface area contributed by atoms with Gasteiger partial charge in [-0.1, -0.05) is 20.8 Å². The quantitative estimate of drug-likeness (QED) is 0.692. The first-order valence-electron chi connectivity index (χ1n) is 6.79.